The number of aromatic amines is 1. The molecule has 0 saturated heterocycles. The molecule has 0 aliphatic rings. The summed E-state index contributed by atoms with van der Waals surface area (Å²) >= 11 is 0. The van der Waals surface area contributed by atoms with Gasteiger partial charge in [-0.3, -0.25) is 9.89 Å². The number of amides is 1. The van der Waals surface area contributed by atoms with Crippen molar-refractivity contribution in [2.75, 3.05) is 0 Å². The molecule has 3 aromatic rings. The van der Waals surface area contributed by atoms with Gasteiger partial charge in [0, 0.05) is 11.3 Å². The molecule has 0 unspecified atom stereocenters. The van der Waals surface area contributed by atoms with E-state index in [0.29, 0.717) is 16.8 Å². The van der Waals surface area contributed by atoms with Gasteiger partial charge in [0.25, 0.3) is 5.91 Å². The zero-order valence-corrected chi connectivity index (χ0v) is 12.5. The molecular formula is C15H14FN5O2. The third kappa shape index (κ3) is 3.10. The second-order valence-electron chi connectivity index (χ2n) is 5.07. The number of hydrogen-bond donors (Lipinski definition) is 2. The fraction of sp³-hybridized carbons (Fsp3) is 0.200. The highest BCUT2D eigenvalue weighted by Gasteiger charge is 2.19. The smallest absolute Gasteiger partial charge is 0.255 e. The molecule has 0 bridgehead atoms. The van der Waals surface area contributed by atoms with Crippen LogP contribution in [0.15, 0.2) is 35.0 Å². The third-order valence-electron chi connectivity index (χ3n) is 3.32. The van der Waals surface area contributed by atoms with Crippen LogP contribution in [0.1, 0.15) is 34.9 Å². The average Bonchev–Trinajstić information content (AvgIpc) is 3.16. The molecule has 3 rings (SSSR count). The van der Waals surface area contributed by atoms with Crippen LogP contribution >= 0.6 is 0 Å². The van der Waals surface area contributed by atoms with Crippen LogP contribution < -0.4 is 5.32 Å². The maximum absolute atomic E-state index is 13.2. The molecule has 2 N–H and O–H groups in total. The van der Waals surface area contributed by atoms with Gasteiger partial charge in [0.1, 0.15) is 11.9 Å². The zero-order chi connectivity index (χ0) is 16.4. The van der Waals surface area contributed by atoms with Gasteiger partial charge in [-0.1, -0.05) is 17.3 Å². The predicted octanol–water partition coefficient (Wildman–Crippen LogP) is 2.40. The summed E-state index contributed by atoms with van der Waals surface area (Å²) < 4.78 is 18.4. The highest BCUT2D eigenvalue weighted by Crippen LogP contribution is 2.19. The number of carbonyl (C=O) groups is 1. The van der Waals surface area contributed by atoms with Gasteiger partial charge in [-0.25, -0.2) is 4.39 Å². The maximum atomic E-state index is 13.2. The van der Waals surface area contributed by atoms with Gasteiger partial charge in [0.05, 0.1) is 11.8 Å². The van der Waals surface area contributed by atoms with E-state index in [1.807, 2.05) is 0 Å². The van der Waals surface area contributed by atoms with Crippen LogP contribution in [0.5, 0.6) is 0 Å². The lowest BCUT2D eigenvalue weighted by Gasteiger charge is -2.08. The normalized spacial score (nSPS) is 12.1. The number of benzene rings is 1. The number of hydrogen-bond acceptors (Lipinski definition) is 5. The van der Waals surface area contributed by atoms with E-state index in [4.69, 9.17) is 4.52 Å². The Morgan fingerprint density at radius 2 is 2.26 bits per heavy atom. The molecule has 1 atom stereocenters. The minimum atomic E-state index is -0.494. The lowest BCUT2D eigenvalue weighted by atomic mass is 10.2. The minimum Gasteiger partial charge on any atom is -0.340 e. The summed E-state index contributed by atoms with van der Waals surface area (Å²) in [6.07, 6.45) is 1.45. The van der Waals surface area contributed by atoms with Gasteiger partial charge in [0.2, 0.25) is 11.7 Å². The summed E-state index contributed by atoms with van der Waals surface area (Å²) in [5, 5.41) is 13.1. The Hall–Kier alpha value is -3.03. The van der Waals surface area contributed by atoms with Crippen LogP contribution in [-0.2, 0) is 0 Å². The standard InChI is InChI=1S/C15H14FN5O2/c1-8-12(7-17-20-8)14(22)18-9(2)15-19-13(21-23-15)10-4-3-5-11(16)6-10/h3-7,9H,1-2H3,(H,17,20)(H,18,22)/t9-/m1/s1. The van der Waals surface area contributed by atoms with E-state index < -0.39 is 6.04 Å². The summed E-state index contributed by atoms with van der Waals surface area (Å²) in [5.41, 5.74) is 1.62. The van der Waals surface area contributed by atoms with Crippen LogP contribution in [0.4, 0.5) is 4.39 Å². The van der Waals surface area contributed by atoms with Crippen LogP contribution in [0, 0.1) is 12.7 Å². The van der Waals surface area contributed by atoms with Gasteiger partial charge >= 0.3 is 0 Å². The minimum absolute atomic E-state index is 0.235. The van der Waals surface area contributed by atoms with E-state index in [1.54, 1.807) is 26.0 Å². The first-order chi connectivity index (χ1) is 11.0. The Bertz CT molecular complexity index is 842. The third-order valence-corrected chi connectivity index (χ3v) is 3.32. The van der Waals surface area contributed by atoms with Crippen molar-refractivity contribution in [3.8, 4) is 11.4 Å². The fourth-order valence-electron chi connectivity index (χ4n) is 2.07. The highest BCUT2D eigenvalue weighted by atomic mass is 19.1. The quantitative estimate of drug-likeness (QED) is 0.770. The molecule has 0 aliphatic heterocycles. The molecule has 0 fully saturated rings. The molecule has 0 radical (unpaired) electrons. The largest absolute Gasteiger partial charge is 0.340 e. The summed E-state index contributed by atoms with van der Waals surface area (Å²) in [5.74, 6) is -0.182. The molecule has 2 heterocycles. The molecule has 2 aromatic heterocycles. The van der Waals surface area contributed by atoms with Crippen molar-refractivity contribution in [3.05, 3.63) is 53.4 Å². The Morgan fingerprint density at radius 1 is 1.43 bits per heavy atom. The second kappa shape index (κ2) is 5.99. The lowest BCUT2D eigenvalue weighted by Crippen LogP contribution is -2.27. The number of nitrogens with one attached hydrogen (secondary N) is 2. The molecule has 8 heteroatoms. The van der Waals surface area contributed by atoms with Crippen molar-refractivity contribution < 1.29 is 13.7 Å². The number of halogens is 1. The van der Waals surface area contributed by atoms with Gasteiger partial charge < -0.3 is 9.84 Å². The molecule has 118 valence electrons. The topological polar surface area (TPSA) is 96.7 Å². The molecule has 23 heavy (non-hydrogen) atoms. The molecule has 1 amide bonds. The first-order valence-electron chi connectivity index (χ1n) is 6.95. The van der Waals surface area contributed by atoms with Crippen LogP contribution in [0.3, 0.4) is 0 Å². The molecule has 7 nitrogen and oxygen atoms in total. The summed E-state index contributed by atoms with van der Waals surface area (Å²) in [4.78, 5) is 16.3. The highest BCUT2D eigenvalue weighted by molar-refractivity contribution is 5.95. The number of aromatic nitrogens is 4. The molecule has 1 aromatic carbocycles. The number of H-pyrrole nitrogens is 1. The molecule has 0 spiro atoms. The number of carbonyl (C=O) groups excluding carboxylic acids is 1. The van der Waals surface area contributed by atoms with Crippen molar-refractivity contribution in [3.63, 3.8) is 0 Å². The van der Waals surface area contributed by atoms with E-state index in [9.17, 15) is 9.18 Å². The Balaban J connectivity index is 1.75. The monoisotopic (exact) mass is 315 g/mol. The van der Waals surface area contributed by atoms with Crippen molar-refractivity contribution in [1.29, 1.82) is 0 Å². The molecule has 0 aliphatic carbocycles. The van der Waals surface area contributed by atoms with Gasteiger partial charge in [-0.05, 0) is 26.0 Å². The first kappa shape index (κ1) is 14.9. The van der Waals surface area contributed by atoms with Crippen molar-refractivity contribution in [1.82, 2.24) is 25.7 Å². The van der Waals surface area contributed by atoms with Gasteiger partial charge in [-0.15, -0.1) is 0 Å². The maximum Gasteiger partial charge on any atom is 0.255 e. The van der Waals surface area contributed by atoms with Crippen molar-refractivity contribution in [2.45, 2.75) is 19.9 Å². The Kier molecular flexibility index (Phi) is 3.88. The second-order valence-corrected chi connectivity index (χ2v) is 5.07. The number of rotatable bonds is 4. The summed E-state index contributed by atoms with van der Waals surface area (Å²) in [7, 11) is 0. The number of aryl methyl sites for hydroxylation is 1. The van der Waals surface area contributed by atoms with Crippen molar-refractivity contribution >= 4 is 5.91 Å². The van der Waals surface area contributed by atoms with Crippen LogP contribution in [0.25, 0.3) is 11.4 Å². The molecule has 0 saturated carbocycles. The summed E-state index contributed by atoms with van der Waals surface area (Å²) in [6.45, 7) is 3.47. The Labute approximate surface area is 130 Å². The van der Waals surface area contributed by atoms with E-state index in [0.717, 1.165) is 0 Å². The SMILES string of the molecule is Cc1[nH]ncc1C(=O)N[C@H](C)c1nc(-c2cccc(F)c2)no1. The zero-order valence-electron chi connectivity index (χ0n) is 12.5. The Morgan fingerprint density at radius 3 is 2.96 bits per heavy atom. The van der Waals surface area contributed by atoms with E-state index in [2.05, 4.69) is 25.7 Å². The van der Waals surface area contributed by atoms with E-state index >= 15 is 0 Å². The van der Waals surface area contributed by atoms with Crippen LogP contribution in [0.2, 0.25) is 0 Å². The van der Waals surface area contributed by atoms with Crippen molar-refractivity contribution in [2.24, 2.45) is 0 Å². The van der Waals surface area contributed by atoms with E-state index in [-0.39, 0.29) is 23.4 Å². The van der Waals surface area contributed by atoms with E-state index in [1.165, 1.54) is 18.3 Å². The van der Waals surface area contributed by atoms with Crippen LogP contribution in [-0.4, -0.2) is 26.2 Å². The molecular weight excluding hydrogens is 301 g/mol. The van der Waals surface area contributed by atoms with Gasteiger partial charge in [-0.2, -0.15) is 10.1 Å². The lowest BCUT2D eigenvalue weighted by molar-refractivity contribution is 0.0932. The number of nitrogens with zero attached hydrogens (tertiary/aromatic N) is 3. The average molecular weight is 315 g/mol. The fourth-order valence-corrected chi connectivity index (χ4v) is 2.07. The first-order valence-corrected chi connectivity index (χ1v) is 6.95. The summed E-state index contributed by atoms with van der Waals surface area (Å²) in [6, 6.07) is 5.39. The predicted molar refractivity (Wildman–Crippen MR) is 78.9 cm³/mol. The van der Waals surface area contributed by atoms with Gasteiger partial charge in [0.15, 0.2) is 0 Å².